The van der Waals surface area contributed by atoms with Crippen LogP contribution in [0.5, 0.6) is 0 Å². The van der Waals surface area contributed by atoms with Gasteiger partial charge in [0.1, 0.15) is 22.3 Å². The van der Waals surface area contributed by atoms with Crippen LogP contribution in [-0.4, -0.2) is 22.0 Å². The molecule has 0 aliphatic heterocycles. The second-order valence-corrected chi connectivity index (χ2v) is 7.67. The lowest BCUT2D eigenvalue weighted by molar-refractivity contribution is 0.0943. The minimum absolute atomic E-state index is 0.292. The number of amides is 2. The van der Waals surface area contributed by atoms with Gasteiger partial charge >= 0.3 is 0 Å². The van der Waals surface area contributed by atoms with Gasteiger partial charge in [-0.05, 0) is 55.0 Å². The number of fused-ring (bicyclic) bond motifs is 1. The Labute approximate surface area is 173 Å². The molecule has 0 saturated carbocycles. The van der Waals surface area contributed by atoms with E-state index < -0.39 is 11.7 Å². The molecule has 0 bridgehead atoms. The molecule has 0 fully saturated rings. The molecule has 4 rings (SSSR count). The number of thiophene rings is 1. The number of aromatic amines is 1. The van der Waals surface area contributed by atoms with E-state index in [0.29, 0.717) is 26.5 Å². The summed E-state index contributed by atoms with van der Waals surface area (Å²) >= 11 is 1.18. The first-order valence-electron chi connectivity index (χ1n) is 9.02. The van der Waals surface area contributed by atoms with Crippen LogP contribution in [0.1, 0.15) is 38.6 Å². The first-order chi connectivity index (χ1) is 14.4. The molecule has 2 amide bonds. The SMILES string of the molecule is CC(NC(=O)c1cc2c(NC(=O)c3ccc(F)cc3)[nH]nc2s1)c1ccc(F)cc1. The number of anilines is 1. The number of carbonyl (C=O) groups is 2. The number of hydrogen-bond donors (Lipinski definition) is 3. The highest BCUT2D eigenvalue weighted by atomic mass is 32.1. The molecule has 1 unspecified atom stereocenters. The van der Waals surface area contributed by atoms with E-state index >= 15 is 0 Å². The Kier molecular flexibility index (Phi) is 5.28. The molecule has 0 radical (unpaired) electrons. The molecule has 4 aromatic rings. The summed E-state index contributed by atoms with van der Waals surface area (Å²) < 4.78 is 26.1. The van der Waals surface area contributed by atoms with E-state index in [-0.39, 0.29) is 17.8 Å². The van der Waals surface area contributed by atoms with Crippen molar-refractivity contribution in [2.45, 2.75) is 13.0 Å². The molecule has 30 heavy (non-hydrogen) atoms. The number of H-pyrrole nitrogens is 1. The number of hydrogen-bond acceptors (Lipinski definition) is 4. The van der Waals surface area contributed by atoms with E-state index in [0.717, 1.165) is 5.56 Å². The Morgan fingerprint density at radius 2 is 1.63 bits per heavy atom. The summed E-state index contributed by atoms with van der Waals surface area (Å²) in [4.78, 5) is 25.9. The topological polar surface area (TPSA) is 86.9 Å². The number of nitrogens with zero attached hydrogens (tertiary/aromatic N) is 1. The van der Waals surface area contributed by atoms with Crippen LogP contribution in [0.15, 0.2) is 54.6 Å². The summed E-state index contributed by atoms with van der Waals surface area (Å²) in [5.41, 5.74) is 1.07. The summed E-state index contributed by atoms with van der Waals surface area (Å²) in [6.07, 6.45) is 0. The molecular weight excluding hydrogens is 410 g/mol. The average molecular weight is 426 g/mol. The molecule has 3 N–H and O–H groups in total. The zero-order valence-electron chi connectivity index (χ0n) is 15.7. The van der Waals surface area contributed by atoms with E-state index in [2.05, 4.69) is 20.8 Å². The number of aromatic nitrogens is 2. The Morgan fingerprint density at radius 1 is 1.00 bits per heavy atom. The quantitative estimate of drug-likeness (QED) is 0.434. The molecule has 0 saturated heterocycles. The van der Waals surface area contributed by atoms with Crippen molar-refractivity contribution in [1.29, 1.82) is 0 Å². The lowest BCUT2D eigenvalue weighted by Gasteiger charge is -2.13. The highest BCUT2D eigenvalue weighted by Gasteiger charge is 2.18. The minimum atomic E-state index is -0.432. The maximum absolute atomic E-state index is 13.1. The second-order valence-electron chi connectivity index (χ2n) is 6.64. The molecule has 6 nitrogen and oxygen atoms in total. The summed E-state index contributed by atoms with van der Waals surface area (Å²) in [5.74, 6) is -1.15. The van der Waals surface area contributed by atoms with Crippen LogP contribution in [0.25, 0.3) is 10.2 Å². The van der Waals surface area contributed by atoms with E-state index in [1.54, 1.807) is 25.1 Å². The fourth-order valence-electron chi connectivity index (χ4n) is 2.91. The minimum Gasteiger partial charge on any atom is -0.345 e. The first kappa shape index (κ1) is 19.7. The number of nitrogens with one attached hydrogen (secondary N) is 3. The van der Waals surface area contributed by atoms with Crippen molar-refractivity contribution in [2.75, 3.05) is 5.32 Å². The predicted octanol–water partition coefficient (Wildman–Crippen LogP) is 4.65. The highest BCUT2D eigenvalue weighted by Crippen LogP contribution is 2.30. The van der Waals surface area contributed by atoms with Gasteiger partial charge in [-0.15, -0.1) is 11.3 Å². The molecule has 9 heteroatoms. The third-order valence-electron chi connectivity index (χ3n) is 4.54. The monoisotopic (exact) mass is 426 g/mol. The van der Waals surface area contributed by atoms with Crippen LogP contribution in [0, 0.1) is 11.6 Å². The Balaban J connectivity index is 1.49. The van der Waals surface area contributed by atoms with Gasteiger partial charge in [-0.1, -0.05) is 12.1 Å². The zero-order chi connectivity index (χ0) is 21.3. The smallest absolute Gasteiger partial charge is 0.261 e. The van der Waals surface area contributed by atoms with E-state index in [1.165, 1.54) is 47.7 Å². The lowest BCUT2D eigenvalue weighted by Crippen LogP contribution is -2.25. The first-order valence-corrected chi connectivity index (χ1v) is 9.83. The van der Waals surface area contributed by atoms with Crippen molar-refractivity contribution in [1.82, 2.24) is 15.5 Å². The number of rotatable bonds is 5. The summed E-state index contributed by atoms with van der Waals surface area (Å²) in [5, 5.41) is 13.0. The Morgan fingerprint density at radius 3 is 2.30 bits per heavy atom. The van der Waals surface area contributed by atoms with Gasteiger partial charge in [0.2, 0.25) is 0 Å². The largest absolute Gasteiger partial charge is 0.345 e. The standard InChI is InChI=1S/C21H16F2N4O2S/c1-11(12-2-6-14(22)7-3-12)24-20(29)17-10-16-18(26-27-21(16)30-17)25-19(28)13-4-8-15(23)9-5-13/h2-11H,1H3,(H,24,29)(H2,25,26,27,28). The summed E-state index contributed by atoms with van der Waals surface area (Å²) in [7, 11) is 0. The fourth-order valence-corrected chi connectivity index (χ4v) is 3.81. The van der Waals surface area contributed by atoms with Gasteiger partial charge < -0.3 is 10.6 Å². The van der Waals surface area contributed by atoms with Gasteiger partial charge in [0.15, 0.2) is 0 Å². The second kappa shape index (κ2) is 8.03. The molecular formula is C21H16F2N4O2S. The van der Waals surface area contributed by atoms with Crippen molar-refractivity contribution < 1.29 is 18.4 Å². The third-order valence-corrected chi connectivity index (χ3v) is 5.57. The number of benzene rings is 2. The number of carbonyl (C=O) groups excluding carboxylic acids is 2. The van der Waals surface area contributed by atoms with Gasteiger partial charge in [-0.2, -0.15) is 5.10 Å². The van der Waals surface area contributed by atoms with Crippen molar-refractivity contribution >= 4 is 39.2 Å². The fraction of sp³-hybridized carbons (Fsp3) is 0.0952. The van der Waals surface area contributed by atoms with Gasteiger partial charge in [-0.25, -0.2) is 8.78 Å². The molecule has 2 aromatic heterocycles. The molecule has 2 aromatic carbocycles. The number of halogens is 2. The molecule has 0 spiro atoms. The molecule has 152 valence electrons. The Hall–Kier alpha value is -3.59. The van der Waals surface area contributed by atoms with Crippen molar-refractivity contribution in [2.24, 2.45) is 0 Å². The van der Waals surface area contributed by atoms with Crippen LogP contribution in [0.2, 0.25) is 0 Å². The van der Waals surface area contributed by atoms with Crippen LogP contribution in [0.3, 0.4) is 0 Å². The normalized spacial score (nSPS) is 12.0. The van der Waals surface area contributed by atoms with Crippen LogP contribution in [-0.2, 0) is 0 Å². The maximum Gasteiger partial charge on any atom is 0.261 e. The lowest BCUT2D eigenvalue weighted by atomic mass is 10.1. The van der Waals surface area contributed by atoms with Crippen molar-refractivity contribution in [3.63, 3.8) is 0 Å². The summed E-state index contributed by atoms with van der Waals surface area (Å²) in [6, 6.07) is 12.4. The average Bonchev–Trinajstić information content (AvgIpc) is 3.31. The molecule has 0 aliphatic rings. The zero-order valence-corrected chi connectivity index (χ0v) is 16.5. The van der Waals surface area contributed by atoms with Gasteiger partial charge in [0.25, 0.3) is 11.8 Å². The molecule has 1 atom stereocenters. The van der Waals surface area contributed by atoms with E-state index in [1.807, 2.05) is 0 Å². The van der Waals surface area contributed by atoms with E-state index in [4.69, 9.17) is 0 Å². The van der Waals surface area contributed by atoms with Crippen LogP contribution in [0.4, 0.5) is 14.6 Å². The third kappa shape index (κ3) is 4.06. The molecule has 2 heterocycles. The van der Waals surface area contributed by atoms with Gasteiger partial charge in [0.05, 0.1) is 16.3 Å². The van der Waals surface area contributed by atoms with Crippen molar-refractivity contribution in [3.05, 3.63) is 82.2 Å². The van der Waals surface area contributed by atoms with Crippen molar-refractivity contribution in [3.8, 4) is 0 Å². The highest BCUT2D eigenvalue weighted by molar-refractivity contribution is 7.20. The van der Waals surface area contributed by atoms with Crippen LogP contribution >= 0.6 is 11.3 Å². The molecule has 0 aliphatic carbocycles. The maximum atomic E-state index is 13.1. The van der Waals surface area contributed by atoms with Crippen LogP contribution < -0.4 is 10.6 Å². The predicted molar refractivity (Wildman–Crippen MR) is 111 cm³/mol. The summed E-state index contributed by atoms with van der Waals surface area (Å²) in [6.45, 7) is 1.80. The van der Waals surface area contributed by atoms with Gasteiger partial charge in [-0.3, -0.25) is 14.7 Å². The van der Waals surface area contributed by atoms with Gasteiger partial charge in [0, 0.05) is 5.56 Å². The Bertz CT molecular complexity index is 1220. The van der Waals surface area contributed by atoms with E-state index in [9.17, 15) is 18.4 Å².